The standard InChI is InChI=1S/C19H21N3O/c1-14(2)22-13-20-17-11-15(9-10-18(17)22)12-19(23)21(3)16-7-5-4-6-8-16/h4-11,13-14H,12H2,1-3H3. The summed E-state index contributed by atoms with van der Waals surface area (Å²) in [6.07, 6.45) is 2.23. The number of rotatable bonds is 4. The van der Waals surface area contributed by atoms with Crippen molar-refractivity contribution in [2.75, 3.05) is 11.9 Å². The Morgan fingerprint density at radius 3 is 2.61 bits per heavy atom. The molecule has 1 aromatic heterocycles. The van der Waals surface area contributed by atoms with Crippen LogP contribution >= 0.6 is 0 Å². The maximum atomic E-state index is 12.5. The van der Waals surface area contributed by atoms with E-state index in [0.29, 0.717) is 12.5 Å². The fourth-order valence-electron chi connectivity index (χ4n) is 2.69. The van der Waals surface area contributed by atoms with E-state index in [1.165, 1.54) is 0 Å². The normalized spacial score (nSPS) is 11.1. The van der Waals surface area contributed by atoms with Crippen LogP contribution in [0.5, 0.6) is 0 Å². The van der Waals surface area contributed by atoms with Crippen molar-refractivity contribution in [3.63, 3.8) is 0 Å². The molecule has 4 heteroatoms. The molecule has 1 amide bonds. The summed E-state index contributed by atoms with van der Waals surface area (Å²) in [6, 6.07) is 16.1. The van der Waals surface area contributed by atoms with Gasteiger partial charge in [0, 0.05) is 18.8 Å². The van der Waals surface area contributed by atoms with Crippen LogP contribution in [0.15, 0.2) is 54.9 Å². The van der Waals surface area contributed by atoms with Crippen molar-refractivity contribution in [3.05, 3.63) is 60.4 Å². The zero-order chi connectivity index (χ0) is 16.4. The Hall–Kier alpha value is -2.62. The topological polar surface area (TPSA) is 38.1 Å². The summed E-state index contributed by atoms with van der Waals surface area (Å²) in [5.74, 6) is 0.0684. The summed E-state index contributed by atoms with van der Waals surface area (Å²) >= 11 is 0. The van der Waals surface area contributed by atoms with Crippen molar-refractivity contribution in [3.8, 4) is 0 Å². The molecular weight excluding hydrogens is 286 g/mol. The quantitative estimate of drug-likeness (QED) is 0.735. The summed E-state index contributed by atoms with van der Waals surface area (Å²) in [6.45, 7) is 4.26. The highest BCUT2D eigenvalue weighted by Gasteiger charge is 2.13. The molecule has 0 radical (unpaired) electrons. The van der Waals surface area contributed by atoms with E-state index in [9.17, 15) is 4.79 Å². The highest BCUT2D eigenvalue weighted by molar-refractivity contribution is 5.94. The first-order valence-electron chi connectivity index (χ1n) is 7.83. The van der Waals surface area contributed by atoms with Gasteiger partial charge < -0.3 is 9.47 Å². The van der Waals surface area contributed by atoms with Crippen molar-refractivity contribution >= 4 is 22.6 Å². The van der Waals surface area contributed by atoms with Crippen molar-refractivity contribution in [1.82, 2.24) is 9.55 Å². The van der Waals surface area contributed by atoms with Gasteiger partial charge in [-0.1, -0.05) is 24.3 Å². The number of carbonyl (C=O) groups excluding carboxylic acids is 1. The molecule has 0 unspecified atom stereocenters. The van der Waals surface area contributed by atoms with E-state index < -0.39 is 0 Å². The number of anilines is 1. The van der Waals surface area contributed by atoms with Crippen LogP contribution in [0, 0.1) is 0 Å². The summed E-state index contributed by atoms with van der Waals surface area (Å²) in [7, 11) is 1.81. The fourth-order valence-corrected chi connectivity index (χ4v) is 2.69. The van der Waals surface area contributed by atoms with Crippen LogP contribution in [-0.2, 0) is 11.2 Å². The van der Waals surface area contributed by atoms with E-state index in [1.54, 1.807) is 4.90 Å². The summed E-state index contributed by atoms with van der Waals surface area (Å²) in [5.41, 5.74) is 3.93. The molecule has 2 aromatic carbocycles. The molecule has 0 fully saturated rings. The molecular formula is C19H21N3O. The van der Waals surface area contributed by atoms with Gasteiger partial charge in [-0.25, -0.2) is 4.98 Å². The largest absolute Gasteiger partial charge is 0.328 e. The van der Waals surface area contributed by atoms with E-state index in [-0.39, 0.29) is 5.91 Å². The molecule has 118 valence electrons. The van der Waals surface area contributed by atoms with E-state index in [4.69, 9.17) is 0 Å². The third kappa shape index (κ3) is 3.11. The van der Waals surface area contributed by atoms with E-state index in [0.717, 1.165) is 22.3 Å². The summed E-state index contributed by atoms with van der Waals surface area (Å²) < 4.78 is 2.14. The third-order valence-corrected chi connectivity index (χ3v) is 4.07. The molecule has 0 bridgehead atoms. The average Bonchev–Trinajstić information content (AvgIpc) is 2.98. The molecule has 0 atom stereocenters. The average molecular weight is 307 g/mol. The number of para-hydroxylation sites is 1. The Balaban J connectivity index is 1.80. The highest BCUT2D eigenvalue weighted by atomic mass is 16.2. The number of fused-ring (bicyclic) bond motifs is 1. The SMILES string of the molecule is CC(C)n1cnc2cc(CC(=O)N(C)c3ccccc3)ccc21. The molecule has 0 saturated heterocycles. The molecule has 0 saturated carbocycles. The predicted molar refractivity (Wildman–Crippen MR) is 93.7 cm³/mol. The van der Waals surface area contributed by atoms with E-state index >= 15 is 0 Å². The van der Waals surface area contributed by atoms with Gasteiger partial charge in [0.05, 0.1) is 23.8 Å². The van der Waals surface area contributed by atoms with Crippen LogP contribution in [0.1, 0.15) is 25.5 Å². The van der Waals surface area contributed by atoms with Crippen molar-refractivity contribution in [2.24, 2.45) is 0 Å². The lowest BCUT2D eigenvalue weighted by Crippen LogP contribution is -2.27. The molecule has 23 heavy (non-hydrogen) atoms. The van der Waals surface area contributed by atoms with Gasteiger partial charge in [-0.2, -0.15) is 0 Å². The zero-order valence-corrected chi connectivity index (χ0v) is 13.7. The third-order valence-electron chi connectivity index (χ3n) is 4.07. The first kappa shape index (κ1) is 15.3. The van der Waals surface area contributed by atoms with Crippen LogP contribution in [0.25, 0.3) is 11.0 Å². The smallest absolute Gasteiger partial charge is 0.231 e. The number of benzene rings is 2. The van der Waals surface area contributed by atoms with E-state index in [2.05, 4.69) is 23.4 Å². The van der Waals surface area contributed by atoms with Gasteiger partial charge in [0.25, 0.3) is 0 Å². The second-order valence-electron chi connectivity index (χ2n) is 6.03. The number of amides is 1. The number of likely N-dealkylation sites (N-methyl/N-ethyl adjacent to an activating group) is 1. The second-order valence-corrected chi connectivity index (χ2v) is 6.03. The van der Waals surface area contributed by atoms with Crippen LogP contribution in [-0.4, -0.2) is 22.5 Å². The summed E-state index contributed by atoms with van der Waals surface area (Å²) in [4.78, 5) is 18.6. The number of imidazole rings is 1. The monoisotopic (exact) mass is 307 g/mol. The lowest BCUT2D eigenvalue weighted by Gasteiger charge is -2.17. The van der Waals surface area contributed by atoms with Crippen LogP contribution < -0.4 is 4.90 Å². The summed E-state index contributed by atoms with van der Waals surface area (Å²) in [5, 5.41) is 0. The van der Waals surface area contributed by atoms with Gasteiger partial charge in [0.1, 0.15) is 0 Å². The van der Waals surface area contributed by atoms with Crippen LogP contribution in [0.2, 0.25) is 0 Å². The molecule has 0 aliphatic carbocycles. The minimum absolute atomic E-state index is 0.0684. The van der Waals surface area contributed by atoms with Gasteiger partial charge in [-0.15, -0.1) is 0 Å². The number of aromatic nitrogens is 2. The molecule has 4 nitrogen and oxygen atoms in total. The van der Waals surface area contributed by atoms with Crippen LogP contribution in [0.3, 0.4) is 0 Å². The van der Waals surface area contributed by atoms with Crippen molar-refractivity contribution < 1.29 is 4.79 Å². The van der Waals surface area contributed by atoms with Gasteiger partial charge >= 0.3 is 0 Å². The van der Waals surface area contributed by atoms with Gasteiger partial charge in [0.2, 0.25) is 5.91 Å². The maximum absolute atomic E-state index is 12.5. The Morgan fingerprint density at radius 1 is 1.17 bits per heavy atom. The molecule has 3 rings (SSSR count). The molecule has 0 N–H and O–H groups in total. The molecule has 3 aromatic rings. The van der Waals surface area contributed by atoms with Gasteiger partial charge in [-0.3, -0.25) is 4.79 Å². The number of nitrogens with zero attached hydrogens (tertiary/aromatic N) is 3. The van der Waals surface area contributed by atoms with E-state index in [1.807, 2.05) is 61.9 Å². The maximum Gasteiger partial charge on any atom is 0.231 e. The minimum Gasteiger partial charge on any atom is -0.328 e. The molecule has 1 heterocycles. The molecule has 0 aliphatic heterocycles. The lowest BCUT2D eigenvalue weighted by molar-refractivity contribution is -0.117. The molecule has 0 spiro atoms. The second kappa shape index (κ2) is 6.24. The minimum atomic E-state index is 0.0684. The Morgan fingerprint density at radius 2 is 1.91 bits per heavy atom. The first-order chi connectivity index (χ1) is 11.1. The lowest BCUT2D eigenvalue weighted by atomic mass is 10.1. The first-order valence-corrected chi connectivity index (χ1v) is 7.83. The predicted octanol–water partition coefficient (Wildman–Crippen LogP) is 3.82. The molecule has 0 aliphatic rings. The Bertz CT molecular complexity index is 821. The Labute approximate surface area is 136 Å². The van der Waals surface area contributed by atoms with Crippen LogP contribution in [0.4, 0.5) is 5.69 Å². The van der Waals surface area contributed by atoms with Crippen molar-refractivity contribution in [2.45, 2.75) is 26.3 Å². The number of hydrogen-bond acceptors (Lipinski definition) is 2. The number of carbonyl (C=O) groups is 1. The van der Waals surface area contributed by atoms with Crippen molar-refractivity contribution in [1.29, 1.82) is 0 Å². The van der Waals surface area contributed by atoms with Gasteiger partial charge in [-0.05, 0) is 43.7 Å². The Kier molecular flexibility index (Phi) is 4.15. The van der Waals surface area contributed by atoms with Gasteiger partial charge in [0.15, 0.2) is 0 Å². The highest BCUT2D eigenvalue weighted by Crippen LogP contribution is 2.20. The number of hydrogen-bond donors (Lipinski definition) is 0. The fraction of sp³-hybridized carbons (Fsp3) is 0.263. The zero-order valence-electron chi connectivity index (χ0n) is 13.7.